The molecule has 0 aliphatic rings. The zero-order chi connectivity index (χ0) is 18.6. The molecule has 6 heteroatoms. The zero-order valence-corrected chi connectivity index (χ0v) is 15.9. The smallest absolute Gasteiger partial charge is 0.270 e. The number of thiophene rings is 1. The van der Waals surface area contributed by atoms with Crippen molar-refractivity contribution < 1.29 is 4.79 Å². The minimum absolute atomic E-state index is 0.186. The van der Waals surface area contributed by atoms with E-state index in [-0.39, 0.29) is 5.91 Å². The molecule has 2 heterocycles. The summed E-state index contributed by atoms with van der Waals surface area (Å²) in [5.74, 6) is -0.186. The number of carbonyl (C=O) groups is 1. The fourth-order valence-electron chi connectivity index (χ4n) is 2.76. The van der Waals surface area contributed by atoms with Crippen LogP contribution in [0.1, 0.15) is 16.1 Å². The molecule has 4 nitrogen and oxygen atoms in total. The molecule has 0 fully saturated rings. The van der Waals surface area contributed by atoms with Gasteiger partial charge in [0.25, 0.3) is 5.91 Å². The highest BCUT2D eigenvalue weighted by Gasteiger charge is 2.18. The summed E-state index contributed by atoms with van der Waals surface area (Å²) in [6.07, 6.45) is 0. The molecule has 0 atom stereocenters. The normalized spacial score (nSPS) is 10.7. The highest BCUT2D eigenvalue weighted by atomic mass is 35.5. The SMILES string of the molecule is O=C(NCc1ccccc1)c1cc(-c2cccs2)nn1-c1cccc(Cl)c1. The average molecular weight is 394 g/mol. The second-order valence-electron chi connectivity index (χ2n) is 5.95. The Hall–Kier alpha value is -2.89. The van der Waals surface area contributed by atoms with Gasteiger partial charge in [0.1, 0.15) is 11.4 Å². The largest absolute Gasteiger partial charge is 0.347 e. The maximum absolute atomic E-state index is 12.9. The van der Waals surface area contributed by atoms with Crippen LogP contribution in [0.3, 0.4) is 0 Å². The molecule has 0 aliphatic heterocycles. The number of benzene rings is 2. The Balaban J connectivity index is 1.68. The Morgan fingerprint density at radius 3 is 2.63 bits per heavy atom. The van der Waals surface area contributed by atoms with Gasteiger partial charge in [-0.1, -0.05) is 54.1 Å². The highest BCUT2D eigenvalue weighted by Crippen LogP contribution is 2.26. The molecular weight excluding hydrogens is 378 g/mol. The monoisotopic (exact) mass is 393 g/mol. The zero-order valence-electron chi connectivity index (χ0n) is 14.3. The van der Waals surface area contributed by atoms with Gasteiger partial charge < -0.3 is 5.32 Å². The summed E-state index contributed by atoms with van der Waals surface area (Å²) in [5.41, 5.74) is 3.01. The van der Waals surface area contributed by atoms with Gasteiger partial charge in [0, 0.05) is 11.6 Å². The fraction of sp³-hybridized carbons (Fsp3) is 0.0476. The molecule has 27 heavy (non-hydrogen) atoms. The van der Waals surface area contributed by atoms with Gasteiger partial charge in [-0.3, -0.25) is 4.79 Å². The lowest BCUT2D eigenvalue weighted by Crippen LogP contribution is -2.25. The first-order valence-electron chi connectivity index (χ1n) is 8.43. The summed E-state index contributed by atoms with van der Waals surface area (Å²) in [6.45, 7) is 0.453. The summed E-state index contributed by atoms with van der Waals surface area (Å²) >= 11 is 7.72. The van der Waals surface area contributed by atoms with Gasteiger partial charge in [-0.15, -0.1) is 11.3 Å². The maximum Gasteiger partial charge on any atom is 0.270 e. The Labute approximate surface area is 166 Å². The summed E-state index contributed by atoms with van der Waals surface area (Å²) in [7, 11) is 0. The molecule has 4 rings (SSSR count). The third-order valence-electron chi connectivity index (χ3n) is 4.06. The van der Waals surface area contributed by atoms with E-state index in [9.17, 15) is 4.79 Å². The number of nitrogens with zero attached hydrogens (tertiary/aromatic N) is 2. The highest BCUT2D eigenvalue weighted by molar-refractivity contribution is 7.13. The molecule has 1 N–H and O–H groups in total. The van der Waals surface area contributed by atoms with Crippen molar-refractivity contribution >= 4 is 28.8 Å². The fourth-order valence-corrected chi connectivity index (χ4v) is 3.63. The Bertz CT molecular complexity index is 1060. The number of rotatable bonds is 5. The van der Waals surface area contributed by atoms with Crippen LogP contribution in [0.2, 0.25) is 5.02 Å². The predicted octanol–water partition coefficient (Wildman–Crippen LogP) is 5.18. The van der Waals surface area contributed by atoms with Crippen molar-refractivity contribution in [1.29, 1.82) is 0 Å². The second-order valence-corrected chi connectivity index (χ2v) is 7.34. The van der Waals surface area contributed by atoms with E-state index in [1.165, 1.54) is 0 Å². The predicted molar refractivity (Wildman–Crippen MR) is 109 cm³/mol. The number of carbonyl (C=O) groups excluding carboxylic acids is 1. The molecular formula is C21H16ClN3OS. The van der Waals surface area contributed by atoms with Crippen molar-refractivity contribution in [2.24, 2.45) is 0 Å². The van der Waals surface area contributed by atoms with E-state index < -0.39 is 0 Å². The van der Waals surface area contributed by atoms with Crippen LogP contribution in [-0.2, 0) is 6.54 Å². The van der Waals surface area contributed by atoms with Gasteiger partial charge in [0.2, 0.25) is 0 Å². The molecule has 0 radical (unpaired) electrons. The molecule has 1 amide bonds. The van der Waals surface area contributed by atoms with Crippen LogP contribution in [0.15, 0.2) is 78.2 Å². The minimum Gasteiger partial charge on any atom is -0.347 e. The molecule has 0 unspecified atom stereocenters. The van der Waals surface area contributed by atoms with E-state index >= 15 is 0 Å². The second kappa shape index (κ2) is 7.78. The molecule has 0 bridgehead atoms. The Morgan fingerprint density at radius 2 is 1.89 bits per heavy atom. The van der Waals surface area contributed by atoms with E-state index in [0.717, 1.165) is 21.8 Å². The molecule has 0 spiro atoms. The number of nitrogens with one attached hydrogen (secondary N) is 1. The van der Waals surface area contributed by atoms with E-state index in [1.54, 1.807) is 28.2 Å². The molecule has 4 aromatic rings. The number of aromatic nitrogens is 2. The Morgan fingerprint density at radius 1 is 1.04 bits per heavy atom. The summed E-state index contributed by atoms with van der Waals surface area (Å²) in [6, 6.07) is 22.9. The van der Waals surface area contributed by atoms with Crippen LogP contribution >= 0.6 is 22.9 Å². The van der Waals surface area contributed by atoms with Gasteiger partial charge in [-0.05, 0) is 41.3 Å². The first kappa shape index (κ1) is 17.5. The van der Waals surface area contributed by atoms with Crippen LogP contribution in [0.4, 0.5) is 0 Å². The number of amides is 1. The van der Waals surface area contributed by atoms with Gasteiger partial charge in [-0.2, -0.15) is 5.10 Å². The Kier molecular flexibility index (Phi) is 5.05. The first-order valence-corrected chi connectivity index (χ1v) is 9.68. The summed E-state index contributed by atoms with van der Waals surface area (Å²) in [4.78, 5) is 13.9. The van der Waals surface area contributed by atoms with Crippen molar-refractivity contribution in [3.8, 4) is 16.3 Å². The topological polar surface area (TPSA) is 46.9 Å². The molecule has 134 valence electrons. The molecule has 2 aromatic carbocycles. The third-order valence-corrected chi connectivity index (χ3v) is 5.19. The van der Waals surface area contributed by atoms with Crippen LogP contribution in [-0.4, -0.2) is 15.7 Å². The van der Waals surface area contributed by atoms with Crippen molar-refractivity contribution in [2.45, 2.75) is 6.54 Å². The van der Waals surface area contributed by atoms with Crippen molar-refractivity contribution in [3.05, 3.63) is 94.5 Å². The van der Waals surface area contributed by atoms with Crippen molar-refractivity contribution in [1.82, 2.24) is 15.1 Å². The van der Waals surface area contributed by atoms with E-state index in [4.69, 9.17) is 11.6 Å². The summed E-state index contributed by atoms with van der Waals surface area (Å²) in [5, 5.41) is 10.2. The lowest BCUT2D eigenvalue weighted by Gasteiger charge is -2.09. The average Bonchev–Trinajstić information content (AvgIpc) is 3.36. The van der Waals surface area contributed by atoms with Gasteiger partial charge in [-0.25, -0.2) is 4.68 Å². The standard InChI is InChI=1S/C21H16ClN3OS/c22-16-8-4-9-17(12-16)25-19(13-18(24-25)20-10-5-11-27-20)21(26)23-14-15-6-2-1-3-7-15/h1-13H,14H2,(H,23,26). The quantitative estimate of drug-likeness (QED) is 0.507. The van der Waals surface area contributed by atoms with Gasteiger partial charge in [0.15, 0.2) is 0 Å². The lowest BCUT2D eigenvalue weighted by molar-refractivity contribution is 0.0943. The van der Waals surface area contributed by atoms with Gasteiger partial charge in [0.05, 0.1) is 10.6 Å². The van der Waals surface area contributed by atoms with Crippen LogP contribution in [0, 0.1) is 0 Å². The van der Waals surface area contributed by atoms with E-state index in [1.807, 2.05) is 66.0 Å². The summed E-state index contributed by atoms with van der Waals surface area (Å²) < 4.78 is 1.64. The van der Waals surface area contributed by atoms with Gasteiger partial charge >= 0.3 is 0 Å². The maximum atomic E-state index is 12.9. The van der Waals surface area contributed by atoms with Crippen LogP contribution < -0.4 is 5.32 Å². The van der Waals surface area contributed by atoms with Crippen LogP contribution in [0.25, 0.3) is 16.3 Å². The number of hydrogen-bond acceptors (Lipinski definition) is 3. The first-order chi connectivity index (χ1) is 13.2. The van der Waals surface area contributed by atoms with Crippen molar-refractivity contribution in [3.63, 3.8) is 0 Å². The van der Waals surface area contributed by atoms with E-state index in [0.29, 0.717) is 17.3 Å². The molecule has 0 saturated heterocycles. The number of halogens is 1. The molecule has 2 aromatic heterocycles. The van der Waals surface area contributed by atoms with Crippen molar-refractivity contribution in [2.75, 3.05) is 0 Å². The van der Waals surface area contributed by atoms with Crippen LogP contribution in [0.5, 0.6) is 0 Å². The minimum atomic E-state index is -0.186. The molecule has 0 aliphatic carbocycles. The third kappa shape index (κ3) is 3.94. The lowest BCUT2D eigenvalue weighted by atomic mass is 10.2. The molecule has 0 saturated carbocycles. The van der Waals surface area contributed by atoms with E-state index in [2.05, 4.69) is 10.4 Å². The number of hydrogen-bond donors (Lipinski definition) is 1.